The lowest BCUT2D eigenvalue weighted by Crippen LogP contribution is -2.53. The maximum Gasteiger partial charge on any atom is 0.360 e. The second kappa shape index (κ2) is 7.78. The first-order valence-electron chi connectivity index (χ1n) is 9.30. The zero-order valence-electron chi connectivity index (χ0n) is 15.8. The average Bonchev–Trinajstić information content (AvgIpc) is 3.43. The number of carbonyl (C=O) groups is 3. The van der Waals surface area contributed by atoms with Crippen molar-refractivity contribution in [1.82, 2.24) is 20.0 Å². The van der Waals surface area contributed by atoms with Crippen LogP contribution in [0.2, 0.25) is 0 Å². The summed E-state index contributed by atoms with van der Waals surface area (Å²) >= 11 is 0. The van der Waals surface area contributed by atoms with Gasteiger partial charge in [0.1, 0.15) is 0 Å². The molecule has 1 saturated heterocycles. The van der Waals surface area contributed by atoms with Crippen molar-refractivity contribution >= 4 is 28.7 Å². The highest BCUT2D eigenvalue weighted by atomic mass is 16.5. The fourth-order valence-electron chi connectivity index (χ4n) is 3.33. The molecular formula is C20H20N4O5. The number of aromatic amines is 1. The number of ether oxygens (including phenoxy) is 1. The number of para-hydroxylation sites is 1. The van der Waals surface area contributed by atoms with Gasteiger partial charge in [0.05, 0.1) is 11.8 Å². The van der Waals surface area contributed by atoms with Gasteiger partial charge in [-0.05, 0) is 25.1 Å². The highest BCUT2D eigenvalue weighted by Crippen LogP contribution is 2.17. The number of rotatable bonds is 4. The Kier molecular flexibility index (Phi) is 5.03. The molecule has 0 aliphatic carbocycles. The summed E-state index contributed by atoms with van der Waals surface area (Å²) in [6.45, 7) is 3.03. The lowest BCUT2D eigenvalue weighted by atomic mass is 10.2. The minimum Gasteiger partial charge on any atom is -0.459 e. The third-order valence-corrected chi connectivity index (χ3v) is 4.91. The van der Waals surface area contributed by atoms with Crippen molar-refractivity contribution in [2.24, 2.45) is 0 Å². The van der Waals surface area contributed by atoms with Gasteiger partial charge in [-0.2, -0.15) is 5.10 Å². The highest BCUT2D eigenvalue weighted by molar-refractivity contribution is 6.02. The van der Waals surface area contributed by atoms with Gasteiger partial charge >= 0.3 is 5.97 Å². The fourth-order valence-corrected chi connectivity index (χ4v) is 3.33. The summed E-state index contributed by atoms with van der Waals surface area (Å²) in [6.07, 6.45) is 0.497. The normalized spacial score (nSPS) is 15.3. The van der Waals surface area contributed by atoms with Crippen LogP contribution < -0.4 is 0 Å². The van der Waals surface area contributed by atoms with Crippen LogP contribution in [0.3, 0.4) is 0 Å². The van der Waals surface area contributed by atoms with Crippen LogP contribution in [-0.4, -0.2) is 70.1 Å². The zero-order chi connectivity index (χ0) is 20.4. The van der Waals surface area contributed by atoms with Crippen molar-refractivity contribution in [3.63, 3.8) is 0 Å². The summed E-state index contributed by atoms with van der Waals surface area (Å²) in [5.41, 5.74) is 0.866. The van der Waals surface area contributed by atoms with Gasteiger partial charge in [-0.3, -0.25) is 14.7 Å². The summed E-state index contributed by atoms with van der Waals surface area (Å²) in [6, 6.07) is 10.5. The Balaban J connectivity index is 1.34. The van der Waals surface area contributed by atoms with E-state index in [1.807, 2.05) is 6.07 Å². The van der Waals surface area contributed by atoms with Crippen LogP contribution in [0.5, 0.6) is 0 Å². The molecule has 9 heteroatoms. The van der Waals surface area contributed by atoms with E-state index in [0.717, 1.165) is 5.52 Å². The molecule has 0 saturated carbocycles. The summed E-state index contributed by atoms with van der Waals surface area (Å²) in [4.78, 5) is 40.7. The van der Waals surface area contributed by atoms with E-state index in [0.29, 0.717) is 31.6 Å². The van der Waals surface area contributed by atoms with Gasteiger partial charge in [0.15, 0.2) is 17.6 Å². The molecule has 1 aliphatic heterocycles. The van der Waals surface area contributed by atoms with Gasteiger partial charge in [0.2, 0.25) is 0 Å². The molecule has 150 valence electrons. The SMILES string of the molecule is CC(OC(=O)c1n[nH]c2ccccc12)C(=O)N1CCN(C(=O)c2ccco2)CC1. The molecule has 0 radical (unpaired) electrons. The van der Waals surface area contributed by atoms with E-state index < -0.39 is 12.1 Å². The Morgan fingerprint density at radius 2 is 1.79 bits per heavy atom. The number of fused-ring (bicyclic) bond motifs is 1. The highest BCUT2D eigenvalue weighted by Gasteiger charge is 2.30. The second-order valence-electron chi connectivity index (χ2n) is 6.76. The summed E-state index contributed by atoms with van der Waals surface area (Å²) < 4.78 is 10.5. The predicted molar refractivity (Wildman–Crippen MR) is 102 cm³/mol. The third-order valence-electron chi connectivity index (χ3n) is 4.91. The van der Waals surface area contributed by atoms with Crippen LogP contribution >= 0.6 is 0 Å². The molecule has 2 amide bonds. The molecule has 0 spiro atoms. The third kappa shape index (κ3) is 3.71. The van der Waals surface area contributed by atoms with Crippen LogP contribution in [-0.2, 0) is 9.53 Å². The topological polar surface area (TPSA) is 109 Å². The average molecular weight is 396 g/mol. The van der Waals surface area contributed by atoms with Crippen molar-refractivity contribution in [3.8, 4) is 0 Å². The van der Waals surface area contributed by atoms with E-state index >= 15 is 0 Å². The van der Waals surface area contributed by atoms with Crippen LogP contribution in [0.25, 0.3) is 10.9 Å². The number of carbonyl (C=O) groups excluding carboxylic acids is 3. The molecule has 1 fully saturated rings. The number of aromatic nitrogens is 2. The lowest BCUT2D eigenvalue weighted by molar-refractivity contribution is -0.141. The number of H-pyrrole nitrogens is 1. The van der Waals surface area contributed by atoms with Crippen LogP contribution in [0.4, 0.5) is 0 Å². The van der Waals surface area contributed by atoms with E-state index in [-0.39, 0.29) is 23.3 Å². The lowest BCUT2D eigenvalue weighted by Gasteiger charge is -2.35. The number of furan rings is 1. The zero-order valence-corrected chi connectivity index (χ0v) is 15.8. The van der Waals surface area contributed by atoms with Gasteiger partial charge in [-0.15, -0.1) is 0 Å². The first-order chi connectivity index (χ1) is 14.0. The molecule has 1 unspecified atom stereocenters. The Labute approximate surface area is 166 Å². The standard InChI is InChI=1S/C20H20N4O5/c1-13(29-20(27)17-14-5-2-3-6-15(14)21-22-17)18(25)23-8-10-24(11-9-23)19(26)16-7-4-12-28-16/h2-7,12-13H,8-11H2,1H3,(H,21,22). The Morgan fingerprint density at radius 1 is 1.07 bits per heavy atom. The molecule has 9 nitrogen and oxygen atoms in total. The van der Waals surface area contributed by atoms with Crippen molar-refractivity contribution in [2.75, 3.05) is 26.2 Å². The quantitative estimate of drug-likeness (QED) is 0.672. The smallest absolute Gasteiger partial charge is 0.360 e. The molecule has 3 aromatic rings. The van der Waals surface area contributed by atoms with E-state index in [2.05, 4.69) is 10.2 Å². The molecular weight excluding hydrogens is 376 g/mol. The number of hydrogen-bond acceptors (Lipinski definition) is 6. The molecule has 1 N–H and O–H groups in total. The minimum absolute atomic E-state index is 0.147. The monoisotopic (exact) mass is 396 g/mol. The Bertz CT molecular complexity index is 1030. The molecule has 1 aromatic carbocycles. The minimum atomic E-state index is -0.953. The van der Waals surface area contributed by atoms with Crippen molar-refractivity contribution in [1.29, 1.82) is 0 Å². The van der Waals surface area contributed by atoms with E-state index in [1.54, 1.807) is 40.1 Å². The number of amides is 2. The van der Waals surface area contributed by atoms with Gasteiger partial charge in [0.25, 0.3) is 11.8 Å². The largest absolute Gasteiger partial charge is 0.459 e. The number of piperazine rings is 1. The van der Waals surface area contributed by atoms with Crippen LogP contribution in [0.15, 0.2) is 47.1 Å². The predicted octanol–water partition coefficient (Wildman–Crippen LogP) is 1.69. The fraction of sp³-hybridized carbons (Fsp3) is 0.300. The number of nitrogens with zero attached hydrogens (tertiary/aromatic N) is 3. The summed E-state index contributed by atoms with van der Waals surface area (Å²) in [7, 11) is 0. The van der Waals surface area contributed by atoms with Crippen molar-refractivity contribution in [2.45, 2.75) is 13.0 Å². The molecule has 1 aliphatic rings. The molecule has 1 atom stereocenters. The Hall–Kier alpha value is -3.62. The summed E-state index contributed by atoms with van der Waals surface area (Å²) in [5.74, 6) is -0.886. The van der Waals surface area contributed by atoms with Crippen LogP contribution in [0.1, 0.15) is 28.0 Å². The molecule has 4 rings (SSSR count). The number of hydrogen-bond donors (Lipinski definition) is 1. The number of esters is 1. The summed E-state index contributed by atoms with van der Waals surface area (Å²) in [5, 5.41) is 7.41. The second-order valence-corrected chi connectivity index (χ2v) is 6.76. The number of benzene rings is 1. The van der Waals surface area contributed by atoms with Gasteiger partial charge in [-0.1, -0.05) is 18.2 Å². The van der Waals surface area contributed by atoms with Gasteiger partial charge in [0, 0.05) is 31.6 Å². The molecule has 0 bridgehead atoms. The van der Waals surface area contributed by atoms with Crippen molar-refractivity contribution < 1.29 is 23.5 Å². The van der Waals surface area contributed by atoms with Crippen LogP contribution in [0, 0.1) is 0 Å². The van der Waals surface area contributed by atoms with E-state index in [4.69, 9.17) is 9.15 Å². The van der Waals surface area contributed by atoms with Gasteiger partial charge in [-0.25, -0.2) is 4.79 Å². The maximum absolute atomic E-state index is 12.7. The first kappa shape index (κ1) is 18.7. The number of nitrogens with one attached hydrogen (secondary N) is 1. The molecule has 3 heterocycles. The van der Waals surface area contributed by atoms with E-state index in [1.165, 1.54) is 13.2 Å². The van der Waals surface area contributed by atoms with Gasteiger partial charge < -0.3 is 19.0 Å². The van der Waals surface area contributed by atoms with Crippen molar-refractivity contribution in [3.05, 3.63) is 54.1 Å². The molecule has 29 heavy (non-hydrogen) atoms. The van der Waals surface area contributed by atoms with E-state index in [9.17, 15) is 14.4 Å². The molecule has 2 aromatic heterocycles. The first-order valence-corrected chi connectivity index (χ1v) is 9.30. The maximum atomic E-state index is 12.7. The Morgan fingerprint density at radius 3 is 2.52 bits per heavy atom.